The summed E-state index contributed by atoms with van der Waals surface area (Å²) in [5, 5.41) is 6.74. The van der Waals surface area contributed by atoms with Crippen LogP contribution >= 0.6 is 0 Å². The van der Waals surface area contributed by atoms with Crippen LogP contribution in [0.2, 0.25) is 0 Å². The van der Waals surface area contributed by atoms with Crippen LogP contribution in [-0.4, -0.2) is 4.98 Å². The first-order valence-corrected chi connectivity index (χ1v) is 22.3. The summed E-state index contributed by atoms with van der Waals surface area (Å²) in [7, 11) is 0. The van der Waals surface area contributed by atoms with Crippen molar-refractivity contribution in [1.29, 1.82) is 0 Å². The minimum absolute atomic E-state index is 0.614. The zero-order valence-electron chi connectivity index (χ0n) is 35.9. The summed E-state index contributed by atoms with van der Waals surface area (Å²) in [6.45, 7) is 0. The number of aromatic nitrogens is 1. The quantitative estimate of drug-likeness (QED) is 0.128. The minimum atomic E-state index is 0.614. The van der Waals surface area contributed by atoms with E-state index in [1.165, 1.54) is 10.8 Å². The van der Waals surface area contributed by atoms with Crippen molar-refractivity contribution < 1.29 is 4.42 Å². The van der Waals surface area contributed by atoms with Crippen molar-refractivity contribution in [3.8, 4) is 11.5 Å². The van der Waals surface area contributed by atoms with Gasteiger partial charge in [-0.3, -0.25) is 0 Å². The van der Waals surface area contributed by atoms with Gasteiger partial charge in [0.25, 0.3) is 0 Å². The van der Waals surface area contributed by atoms with E-state index >= 15 is 0 Å². The lowest BCUT2D eigenvalue weighted by atomic mass is 10.00. The van der Waals surface area contributed by atoms with Crippen LogP contribution in [0.5, 0.6) is 0 Å². The Morgan fingerprint density at radius 2 is 0.697 bits per heavy atom. The van der Waals surface area contributed by atoms with E-state index in [1.54, 1.807) is 0 Å². The lowest BCUT2D eigenvalue weighted by Crippen LogP contribution is -2.14. The molecule has 0 aliphatic carbocycles. The first-order chi connectivity index (χ1) is 32.7. The van der Waals surface area contributed by atoms with E-state index in [-0.39, 0.29) is 0 Å². The Hall–Kier alpha value is -8.93. The van der Waals surface area contributed by atoms with E-state index in [1.807, 2.05) is 30.3 Å². The monoisotopic (exact) mass is 846 g/mol. The molecule has 0 unspecified atom stereocenters. The predicted molar refractivity (Wildman–Crippen MR) is 276 cm³/mol. The topological polar surface area (TPSA) is 35.8 Å². The van der Waals surface area contributed by atoms with Crippen molar-refractivity contribution in [2.75, 3.05) is 14.7 Å². The molecule has 0 amide bonds. The Morgan fingerprint density at radius 1 is 0.288 bits per heavy atom. The van der Waals surface area contributed by atoms with Gasteiger partial charge in [0.1, 0.15) is 5.52 Å². The SMILES string of the molecule is c1ccc(-c2nc3ccc4ccc5ccc(N(c6ccccc6)c6cccc(N(c7cccc(N(c8ccccc8)c8ccccc8)c7)c7ccc8ccccc8c7)c6)cc5c4c3o2)cc1. The molecule has 66 heavy (non-hydrogen) atoms. The molecule has 0 radical (unpaired) electrons. The second-order valence-electron chi connectivity index (χ2n) is 16.5. The molecule has 312 valence electrons. The Labute approximate surface area is 383 Å². The molecule has 0 spiro atoms. The van der Waals surface area contributed by atoms with Gasteiger partial charge in [-0.05, 0) is 142 Å². The fourth-order valence-electron chi connectivity index (χ4n) is 9.28. The van der Waals surface area contributed by atoms with Crippen molar-refractivity contribution >= 4 is 94.6 Å². The van der Waals surface area contributed by atoms with Gasteiger partial charge in [-0.15, -0.1) is 0 Å². The van der Waals surface area contributed by atoms with Crippen LogP contribution in [0, 0.1) is 0 Å². The molecule has 0 atom stereocenters. The molecule has 0 saturated heterocycles. The van der Waals surface area contributed by atoms with Crippen molar-refractivity contribution in [2.45, 2.75) is 0 Å². The number of nitrogens with zero attached hydrogens (tertiary/aromatic N) is 4. The van der Waals surface area contributed by atoms with Gasteiger partial charge in [0.15, 0.2) is 5.58 Å². The normalized spacial score (nSPS) is 11.3. The number of para-hydroxylation sites is 3. The standard InChI is InChI=1S/C61H42N4O/c1-5-18-46(19-6-1)61-62-58-38-35-45-32-31-44-34-37-56(42-57(44)59(45)60(58)66-61)64(50-25-11-4-12-26-50)52-28-16-30-54(41-52)65(55-36-33-43-17-13-14-20-47(43)39-55)53-29-15-27-51(40-53)63(48-21-7-2-8-22-48)49-23-9-3-10-24-49/h1-42H. The van der Waals surface area contributed by atoms with Crippen molar-refractivity contribution in [1.82, 2.24) is 4.98 Å². The summed E-state index contributed by atoms with van der Waals surface area (Å²) in [4.78, 5) is 12.0. The van der Waals surface area contributed by atoms with Gasteiger partial charge in [0.05, 0.1) is 0 Å². The molecule has 1 heterocycles. The van der Waals surface area contributed by atoms with E-state index in [2.05, 4.69) is 239 Å². The molecular formula is C61H42N4O. The Balaban J connectivity index is 1.03. The Bertz CT molecular complexity index is 3630. The van der Waals surface area contributed by atoms with Crippen LogP contribution in [0.3, 0.4) is 0 Å². The largest absolute Gasteiger partial charge is 0.435 e. The predicted octanol–water partition coefficient (Wildman–Crippen LogP) is 17.4. The summed E-state index contributed by atoms with van der Waals surface area (Å²) in [6.07, 6.45) is 0. The number of hydrogen-bond donors (Lipinski definition) is 0. The maximum absolute atomic E-state index is 6.64. The fraction of sp³-hybridized carbons (Fsp3) is 0. The molecule has 1 aromatic heterocycles. The summed E-state index contributed by atoms with van der Waals surface area (Å²) < 4.78 is 6.64. The number of hydrogen-bond acceptors (Lipinski definition) is 5. The van der Waals surface area contributed by atoms with E-state index in [4.69, 9.17) is 9.40 Å². The lowest BCUT2D eigenvalue weighted by molar-refractivity contribution is 0.623. The minimum Gasteiger partial charge on any atom is -0.435 e. The maximum Gasteiger partial charge on any atom is 0.227 e. The van der Waals surface area contributed by atoms with Crippen LogP contribution in [0.25, 0.3) is 54.9 Å². The molecule has 12 aromatic rings. The smallest absolute Gasteiger partial charge is 0.227 e. The van der Waals surface area contributed by atoms with Gasteiger partial charge in [0.2, 0.25) is 5.89 Å². The van der Waals surface area contributed by atoms with E-state index in [9.17, 15) is 0 Å². The molecule has 0 saturated carbocycles. The summed E-state index contributed by atoms with van der Waals surface area (Å²) >= 11 is 0. The molecule has 12 rings (SSSR count). The molecule has 0 aliphatic rings. The Kier molecular flexibility index (Phi) is 9.77. The molecule has 0 N–H and O–H groups in total. The fourth-order valence-corrected chi connectivity index (χ4v) is 9.28. The summed E-state index contributed by atoms with van der Waals surface area (Å²) in [5.74, 6) is 0.614. The number of fused-ring (bicyclic) bond motifs is 6. The highest BCUT2D eigenvalue weighted by molar-refractivity contribution is 6.18. The molecule has 0 aliphatic heterocycles. The zero-order chi connectivity index (χ0) is 43.8. The van der Waals surface area contributed by atoms with E-state index < -0.39 is 0 Å². The van der Waals surface area contributed by atoms with Crippen molar-refractivity contribution in [2.24, 2.45) is 0 Å². The molecule has 5 nitrogen and oxygen atoms in total. The second kappa shape index (κ2) is 16.6. The number of benzene rings is 11. The summed E-state index contributed by atoms with van der Waals surface area (Å²) in [5.41, 5.74) is 12.0. The third-order valence-electron chi connectivity index (χ3n) is 12.3. The van der Waals surface area contributed by atoms with Crippen molar-refractivity contribution in [3.63, 3.8) is 0 Å². The number of rotatable bonds is 10. The zero-order valence-corrected chi connectivity index (χ0v) is 35.9. The van der Waals surface area contributed by atoms with E-state index in [0.717, 1.165) is 89.4 Å². The highest BCUT2D eigenvalue weighted by Gasteiger charge is 2.21. The first kappa shape index (κ1) is 38.7. The Morgan fingerprint density at radius 3 is 1.29 bits per heavy atom. The molecule has 11 aromatic carbocycles. The summed E-state index contributed by atoms with van der Waals surface area (Å²) in [6, 6.07) is 90.2. The second-order valence-corrected chi connectivity index (χ2v) is 16.5. The first-order valence-electron chi connectivity index (χ1n) is 22.3. The maximum atomic E-state index is 6.64. The molecule has 0 fully saturated rings. The van der Waals surface area contributed by atoms with Gasteiger partial charge in [0, 0.05) is 62.1 Å². The van der Waals surface area contributed by atoms with Crippen molar-refractivity contribution in [3.05, 3.63) is 255 Å². The average Bonchev–Trinajstić information content (AvgIpc) is 3.83. The van der Waals surface area contributed by atoms with Gasteiger partial charge in [-0.1, -0.05) is 140 Å². The van der Waals surface area contributed by atoms with Crippen LogP contribution in [0.1, 0.15) is 0 Å². The number of oxazole rings is 1. The van der Waals surface area contributed by atoms with Gasteiger partial charge in [-0.2, -0.15) is 0 Å². The molecule has 0 bridgehead atoms. The van der Waals surface area contributed by atoms with Gasteiger partial charge < -0.3 is 19.1 Å². The van der Waals surface area contributed by atoms with Crippen LogP contribution in [0.15, 0.2) is 259 Å². The molecule has 5 heteroatoms. The van der Waals surface area contributed by atoms with Crippen LogP contribution in [-0.2, 0) is 0 Å². The van der Waals surface area contributed by atoms with Gasteiger partial charge >= 0.3 is 0 Å². The van der Waals surface area contributed by atoms with Crippen LogP contribution < -0.4 is 14.7 Å². The highest BCUT2D eigenvalue weighted by Crippen LogP contribution is 2.45. The third kappa shape index (κ3) is 7.15. The van der Waals surface area contributed by atoms with Gasteiger partial charge in [-0.25, -0.2) is 4.98 Å². The lowest BCUT2D eigenvalue weighted by Gasteiger charge is -2.31. The third-order valence-corrected chi connectivity index (χ3v) is 12.3. The number of anilines is 9. The van der Waals surface area contributed by atoms with Crippen LogP contribution in [0.4, 0.5) is 51.2 Å². The highest BCUT2D eigenvalue weighted by atomic mass is 16.3. The van der Waals surface area contributed by atoms with E-state index in [0.29, 0.717) is 5.89 Å². The average molecular weight is 847 g/mol. The molecular weight excluding hydrogens is 805 g/mol.